The zero-order valence-corrected chi connectivity index (χ0v) is 11.8. The van der Waals surface area contributed by atoms with Crippen LogP contribution in [0.4, 0.5) is 0 Å². The number of nitrogens with one attached hydrogen (secondary N) is 1. The molecule has 7 nitrogen and oxygen atoms in total. The fourth-order valence-electron chi connectivity index (χ4n) is 2.05. The molecule has 1 aromatic heterocycles. The zero-order chi connectivity index (χ0) is 15.4. The van der Waals surface area contributed by atoms with Crippen LogP contribution in [0, 0.1) is 13.8 Å². The lowest BCUT2D eigenvalue weighted by molar-refractivity contribution is 0.0690. The summed E-state index contributed by atoms with van der Waals surface area (Å²) in [6.45, 7) is 4.48. The average molecular weight is 288 g/mol. The van der Waals surface area contributed by atoms with Crippen LogP contribution < -0.4 is 5.32 Å². The van der Waals surface area contributed by atoms with E-state index >= 15 is 0 Å². The minimum atomic E-state index is -1.12. The van der Waals surface area contributed by atoms with Gasteiger partial charge in [-0.15, -0.1) is 5.10 Å². The number of aromatic nitrogens is 3. The van der Waals surface area contributed by atoms with Gasteiger partial charge in [0.2, 0.25) is 0 Å². The number of aromatic carboxylic acids is 1. The molecule has 7 heteroatoms. The van der Waals surface area contributed by atoms with E-state index in [1.54, 1.807) is 0 Å². The molecule has 0 atom stereocenters. The van der Waals surface area contributed by atoms with E-state index in [9.17, 15) is 9.59 Å². The van der Waals surface area contributed by atoms with Crippen LogP contribution in [-0.4, -0.2) is 38.5 Å². The molecule has 1 heterocycles. The van der Waals surface area contributed by atoms with Crippen molar-refractivity contribution in [3.05, 3.63) is 46.8 Å². The van der Waals surface area contributed by atoms with Crippen LogP contribution in [0.2, 0.25) is 0 Å². The summed E-state index contributed by atoms with van der Waals surface area (Å²) in [6.07, 6.45) is 1.33. The van der Waals surface area contributed by atoms with Crippen molar-refractivity contribution in [3.63, 3.8) is 0 Å². The second kappa shape index (κ2) is 6.17. The topological polar surface area (TPSA) is 97.1 Å². The Morgan fingerprint density at radius 2 is 1.95 bits per heavy atom. The second-order valence-electron chi connectivity index (χ2n) is 4.69. The molecule has 21 heavy (non-hydrogen) atoms. The molecule has 2 rings (SSSR count). The predicted octanol–water partition coefficient (Wildman–Crippen LogP) is 1.02. The standard InChI is InChI=1S/C14H16N4O3/c1-9-4-3-5-10(2)12(9)13(19)15-6-7-18-8-11(14(20)21)16-17-18/h3-5,8H,6-7H2,1-2H3,(H,15,19)(H,20,21). The van der Waals surface area contributed by atoms with Gasteiger partial charge in [-0.3, -0.25) is 4.79 Å². The average Bonchev–Trinajstić information content (AvgIpc) is 2.87. The molecule has 0 spiro atoms. The molecule has 2 N–H and O–H groups in total. The minimum absolute atomic E-state index is 0.115. The van der Waals surface area contributed by atoms with Crippen LogP contribution in [0.1, 0.15) is 32.0 Å². The predicted molar refractivity (Wildman–Crippen MR) is 75.2 cm³/mol. The largest absolute Gasteiger partial charge is 0.476 e. The first kappa shape index (κ1) is 14.7. The van der Waals surface area contributed by atoms with Gasteiger partial charge in [-0.1, -0.05) is 23.4 Å². The monoisotopic (exact) mass is 288 g/mol. The number of amides is 1. The van der Waals surface area contributed by atoms with Gasteiger partial charge in [0.05, 0.1) is 12.7 Å². The summed E-state index contributed by atoms with van der Waals surface area (Å²) in [6, 6.07) is 5.68. The van der Waals surface area contributed by atoms with Crippen LogP contribution >= 0.6 is 0 Å². The Kier molecular flexibility index (Phi) is 4.32. The fraction of sp³-hybridized carbons (Fsp3) is 0.286. The van der Waals surface area contributed by atoms with Crippen molar-refractivity contribution < 1.29 is 14.7 Å². The molecule has 0 fully saturated rings. The maximum atomic E-state index is 12.1. The Morgan fingerprint density at radius 1 is 1.29 bits per heavy atom. The molecule has 2 aromatic rings. The normalized spacial score (nSPS) is 10.4. The Hall–Kier alpha value is -2.70. The lowest BCUT2D eigenvalue weighted by Gasteiger charge is -2.10. The highest BCUT2D eigenvalue weighted by Crippen LogP contribution is 2.12. The Labute approximate surface area is 121 Å². The summed E-state index contributed by atoms with van der Waals surface area (Å²) in [5, 5.41) is 18.7. The lowest BCUT2D eigenvalue weighted by atomic mass is 10.0. The van der Waals surface area contributed by atoms with Crippen LogP contribution in [-0.2, 0) is 6.54 Å². The molecule has 1 aromatic carbocycles. The molecule has 0 unspecified atom stereocenters. The highest BCUT2D eigenvalue weighted by Gasteiger charge is 2.12. The number of hydrogen-bond donors (Lipinski definition) is 2. The van der Waals surface area contributed by atoms with Crippen LogP contribution in [0.5, 0.6) is 0 Å². The Morgan fingerprint density at radius 3 is 2.52 bits per heavy atom. The maximum Gasteiger partial charge on any atom is 0.358 e. The second-order valence-corrected chi connectivity index (χ2v) is 4.69. The van der Waals surface area contributed by atoms with Crippen molar-refractivity contribution in [2.75, 3.05) is 6.54 Å². The van der Waals surface area contributed by atoms with Gasteiger partial charge in [-0.2, -0.15) is 0 Å². The summed E-state index contributed by atoms with van der Waals surface area (Å²) in [4.78, 5) is 22.8. The summed E-state index contributed by atoms with van der Waals surface area (Å²) < 4.78 is 1.38. The SMILES string of the molecule is Cc1cccc(C)c1C(=O)NCCn1cc(C(=O)O)nn1. The van der Waals surface area contributed by atoms with E-state index in [2.05, 4.69) is 15.6 Å². The number of nitrogens with zero attached hydrogens (tertiary/aromatic N) is 3. The Bertz CT molecular complexity index is 658. The number of carboxylic acid groups (broad SMARTS) is 1. The lowest BCUT2D eigenvalue weighted by Crippen LogP contribution is -2.28. The number of carbonyl (C=O) groups is 2. The molecule has 0 aliphatic carbocycles. The van der Waals surface area contributed by atoms with Crippen molar-refractivity contribution >= 4 is 11.9 Å². The van der Waals surface area contributed by atoms with Gasteiger partial charge < -0.3 is 10.4 Å². The smallest absolute Gasteiger partial charge is 0.358 e. The first-order valence-electron chi connectivity index (χ1n) is 6.47. The number of hydrogen-bond acceptors (Lipinski definition) is 4. The third-order valence-corrected chi connectivity index (χ3v) is 3.09. The van der Waals surface area contributed by atoms with Crippen LogP contribution in [0.15, 0.2) is 24.4 Å². The van der Waals surface area contributed by atoms with Crippen molar-refractivity contribution in [3.8, 4) is 0 Å². The first-order valence-corrected chi connectivity index (χ1v) is 6.47. The minimum Gasteiger partial charge on any atom is -0.476 e. The Balaban J connectivity index is 1.94. The molecule has 110 valence electrons. The summed E-state index contributed by atoms with van der Waals surface area (Å²) in [5.41, 5.74) is 2.39. The van der Waals surface area contributed by atoms with Gasteiger partial charge in [0.15, 0.2) is 5.69 Å². The quantitative estimate of drug-likeness (QED) is 0.856. The molecular formula is C14H16N4O3. The summed E-state index contributed by atoms with van der Waals surface area (Å²) >= 11 is 0. The summed E-state index contributed by atoms with van der Waals surface area (Å²) in [7, 11) is 0. The number of benzene rings is 1. The van der Waals surface area contributed by atoms with Crippen LogP contribution in [0.25, 0.3) is 0 Å². The van der Waals surface area contributed by atoms with Crippen LogP contribution in [0.3, 0.4) is 0 Å². The molecule has 0 bridgehead atoms. The summed E-state index contributed by atoms with van der Waals surface area (Å²) in [5.74, 6) is -1.27. The number of carbonyl (C=O) groups excluding carboxylic acids is 1. The van der Waals surface area contributed by atoms with E-state index in [4.69, 9.17) is 5.11 Å². The van der Waals surface area contributed by atoms with E-state index in [1.807, 2.05) is 32.0 Å². The third-order valence-electron chi connectivity index (χ3n) is 3.09. The number of carboxylic acids is 1. The highest BCUT2D eigenvalue weighted by molar-refractivity contribution is 5.97. The molecule has 0 aliphatic heterocycles. The number of aryl methyl sites for hydroxylation is 2. The maximum absolute atomic E-state index is 12.1. The van der Waals surface area contributed by atoms with Crippen molar-refractivity contribution in [2.24, 2.45) is 0 Å². The van der Waals surface area contributed by atoms with E-state index in [0.717, 1.165) is 11.1 Å². The van der Waals surface area contributed by atoms with Crippen molar-refractivity contribution in [2.45, 2.75) is 20.4 Å². The van der Waals surface area contributed by atoms with Crippen molar-refractivity contribution in [1.82, 2.24) is 20.3 Å². The molecular weight excluding hydrogens is 272 g/mol. The highest BCUT2D eigenvalue weighted by atomic mass is 16.4. The molecule has 1 amide bonds. The fourth-order valence-corrected chi connectivity index (χ4v) is 2.05. The zero-order valence-electron chi connectivity index (χ0n) is 11.8. The molecule has 0 aliphatic rings. The molecule has 0 saturated heterocycles. The first-order chi connectivity index (χ1) is 9.99. The van der Waals surface area contributed by atoms with Crippen molar-refractivity contribution in [1.29, 1.82) is 0 Å². The molecule has 0 saturated carbocycles. The van der Waals surface area contributed by atoms with E-state index in [-0.39, 0.29) is 11.6 Å². The van der Waals surface area contributed by atoms with Gasteiger partial charge in [-0.25, -0.2) is 9.48 Å². The van der Waals surface area contributed by atoms with Gasteiger partial charge in [0.1, 0.15) is 0 Å². The van der Waals surface area contributed by atoms with E-state index < -0.39 is 5.97 Å². The van der Waals surface area contributed by atoms with Gasteiger partial charge in [0, 0.05) is 12.1 Å². The number of rotatable bonds is 5. The van der Waals surface area contributed by atoms with Gasteiger partial charge in [-0.05, 0) is 25.0 Å². The molecule has 0 radical (unpaired) electrons. The third kappa shape index (κ3) is 3.44. The van der Waals surface area contributed by atoms with E-state index in [0.29, 0.717) is 18.7 Å². The van der Waals surface area contributed by atoms with Gasteiger partial charge >= 0.3 is 5.97 Å². The van der Waals surface area contributed by atoms with E-state index in [1.165, 1.54) is 10.9 Å². The van der Waals surface area contributed by atoms with Gasteiger partial charge in [0.25, 0.3) is 5.91 Å².